The summed E-state index contributed by atoms with van der Waals surface area (Å²) in [4.78, 5) is 12.1. The molecule has 0 unspecified atom stereocenters. The molecule has 8 atom stereocenters. The lowest BCUT2D eigenvalue weighted by atomic mass is 9.44. The maximum atomic E-state index is 12.1. The van der Waals surface area contributed by atoms with Crippen molar-refractivity contribution in [2.75, 3.05) is 0 Å². The van der Waals surface area contributed by atoms with E-state index in [1.165, 1.54) is 19.3 Å². The second-order valence-electron chi connectivity index (χ2n) is 9.21. The molecule has 124 valence electrons. The molecule has 0 aromatic heterocycles. The molecule has 4 fully saturated rings. The third kappa shape index (κ3) is 1.84. The average Bonchev–Trinajstić information content (AvgIpc) is 2.78. The molecule has 0 radical (unpaired) electrons. The van der Waals surface area contributed by atoms with Crippen molar-refractivity contribution in [3.05, 3.63) is 0 Å². The smallest absolute Gasteiger partial charge is 0.133 e. The van der Waals surface area contributed by atoms with Gasteiger partial charge in [0, 0.05) is 18.3 Å². The van der Waals surface area contributed by atoms with Gasteiger partial charge in [-0.15, -0.1) is 0 Å². The first-order valence-electron chi connectivity index (χ1n) is 9.24. The van der Waals surface area contributed by atoms with Gasteiger partial charge in [0.15, 0.2) is 0 Å². The van der Waals surface area contributed by atoms with Crippen molar-refractivity contribution in [1.29, 1.82) is 0 Å². The van der Waals surface area contributed by atoms with Gasteiger partial charge in [0.2, 0.25) is 0 Å². The molecule has 4 aliphatic rings. The number of rotatable bonds is 0. The highest BCUT2D eigenvalue weighted by atomic mass is 16.3. The fourth-order valence-electron chi connectivity index (χ4n) is 7.08. The molecule has 0 bridgehead atoms. The van der Waals surface area contributed by atoms with Gasteiger partial charge in [-0.3, -0.25) is 4.79 Å². The van der Waals surface area contributed by atoms with E-state index in [2.05, 4.69) is 13.8 Å². The van der Waals surface area contributed by atoms with E-state index in [9.17, 15) is 15.0 Å². The number of fused-ring (bicyclic) bond motifs is 5. The number of ketones is 1. The van der Waals surface area contributed by atoms with Crippen LogP contribution >= 0.6 is 0 Å². The first-order chi connectivity index (χ1) is 10.4. The summed E-state index contributed by atoms with van der Waals surface area (Å²) in [6.45, 7) is 4.48. The Morgan fingerprint density at radius 1 is 1.00 bits per heavy atom. The SMILES string of the molecule is C[C@]12CCCC[C@@H]1[C@@H](O)C[C@@H]1[C@@H]2C[C@H](O)[C@]2(C)CC(=O)C[C@@H]12. The fourth-order valence-corrected chi connectivity index (χ4v) is 7.08. The van der Waals surface area contributed by atoms with Gasteiger partial charge in [-0.05, 0) is 54.8 Å². The number of Topliss-reactive ketones (excluding diaryl/α,β-unsaturated/α-hetero) is 1. The summed E-state index contributed by atoms with van der Waals surface area (Å²) in [6, 6.07) is 0. The van der Waals surface area contributed by atoms with Crippen molar-refractivity contribution in [3.63, 3.8) is 0 Å². The van der Waals surface area contributed by atoms with E-state index in [0.29, 0.717) is 36.4 Å². The Morgan fingerprint density at radius 3 is 2.55 bits per heavy atom. The summed E-state index contributed by atoms with van der Waals surface area (Å²) in [6.07, 6.45) is 7.10. The lowest BCUT2D eigenvalue weighted by molar-refractivity contribution is -0.183. The molecule has 0 aromatic carbocycles. The van der Waals surface area contributed by atoms with Crippen LogP contribution in [0.2, 0.25) is 0 Å². The quantitative estimate of drug-likeness (QED) is 0.723. The first-order valence-corrected chi connectivity index (χ1v) is 9.24. The maximum absolute atomic E-state index is 12.1. The van der Waals surface area contributed by atoms with Crippen LogP contribution in [0.5, 0.6) is 0 Å². The summed E-state index contributed by atoms with van der Waals surface area (Å²) in [5, 5.41) is 21.6. The van der Waals surface area contributed by atoms with Crippen LogP contribution in [0, 0.1) is 34.5 Å². The molecule has 4 aliphatic carbocycles. The summed E-state index contributed by atoms with van der Waals surface area (Å²) in [5.74, 6) is 1.91. The average molecular weight is 306 g/mol. The molecule has 0 heterocycles. The molecule has 0 saturated heterocycles. The van der Waals surface area contributed by atoms with Gasteiger partial charge in [0.05, 0.1) is 12.2 Å². The number of carbonyl (C=O) groups is 1. The molecule has 22 heavy (non-hydrogen) atoms. The molecule has 0 aromatic rings. The van der Waals surface area contributed by atoms with Crippen LogP contribution in [0.4, 0.5) is 0 Å². The zero-order chi connectivity index (χ0) is 15.7. The number of hydrogen-bond donors (Lipinski definition) is 2. The van der Waals surface area contributed by atoms with Crippen LogP contribution in [0.3, 0.4) is 0 Å². The van der Waals surface area contributed by atoms with E-state index >= 15 is 0 Å². The second-order valence-corrected chi connectivity index (χ2v) is 9.21. The highest BCUT2D eigenvalue weighted by Gasteiger charge is 2.63. The number of aliphatic hydroxyl groups is 2. The van der Waals surface area contributed by atoms with Gasteiger partial charge < -0.3 is 10.2 Å². The Kier molecular flexibility index (Phi) is 3.30. The second kappa shape index (κ2) is 4.80. The van der Waals surface area contributed by atoms with E-state index in [0.717, 1.165) is 19.3 Å². The van der Waals surface area contributed by atoms with Gasteiger partial charge in [0.1, 0.15) is 5.78 Å². The Bertz CT molecular complexity index is 489. The molecule has 4 rings (SSSR count). The molecule has 2 N–H and O–H groups in total. The van der Waals surface area contributed by atoms with Crippen LogP contribution in [0.15, 0.2) is 0 Å². The minimum Gasteiger partial charge on any atom is -0.393 e. The normalized spacial score (nSPS) is 57.9. The fraction of sp³-hybridized carbons (Fsp3) is 0.947. The number of carbonyl (C=O) groups excluding carboxylic acids is 1. The largest absolute Gasteiger partial charge is 0.393 e. The minimum atomic E-state index is -0.347. The summed E-state index contributed by atoms with van der Waals surface area (Å²) in [5.41, 5.74) is -0.0790. The lowest BCUT2D eigenvalue weighted by Gasteiger charge is -2.62. The standard InChI is InChI=1S/C19H30O3/c1-18-6-4-3-5-13(18)16(21)8-12-14-7-11(20)10-19(14,2)17(22)9-15(12)18/h12-17,21-22H,3-10H2,1-2H3/t12-,13+,14-,15-,16-,17-,18-,19+/m0/s1. The third-order valence-electron chi connectivity index (χ3n) is 8.30. The van der Waals surface area contributed by atoms with Gasteiger partial charge >= 0.3 is 0 Å². The van der Waals surface area contributed by atoms with Gasteiger partial charge in [-0.2, -0.15) is 0 Å². The van der Waals surface area contributed by atoms with Crippen molar-refractivity contribution in [2.45, 2.75) is 77.4 Å². The zero-order valence-corrected chi connectivity index (χ0v) is 13.9. The van der Waals surface area contributed by atoms with Crippen molar-refractivity contribution in [2.24, 2.45) is 34.5 Å². The molecular weight excluding hydrogens is 276 g/mol. The van der Waals surface area contributed by atoms with Gasteiger partial charge in [-0.25, -0.2) is 0 Å². The van der Waals surface area contributed by atoms with Crippen LogP contribution in [-0.4, -0.2) is 28.2 Å². The zero-order valence-electron chi connectivity index (χ0n) is 13.9. The molecule has 0 aliphatic heterocycles. The summed E-state index contributed by atoms with van der Waals surface area (Å²) in [7, 11) is 0. The Morgan fingerprint density at radius 2 is 1.77 bits per heavy atom. The predicted molar refractivity (Wildman–Crippen MR) is 84.1 cm³/mol. The highest BCUT2D eigenvalue weighted by molar-refractivity contribution is 5.82. The van der Waals surface area contributed by atoms with Gasteiger partial charge in [0.25, 0.3) is 0 Å². The molecule has 3 nitrogen and oxygen atoms in total. The molecule has 0 spiro atoms. The summed E-state index contributed by atoms with van der Waals surface area (Å²) >= 11 is 0. The Balaban J connectivity index is 1.73. The van der Waals surface area contributed by atoms with E-state index in [-0.39, 0.29) is 29.0 Å². The number of aliphatic hydroxyl groups excluding tert-OH is 2. The van der Waals surface area contributed by atoms with Crippen LogP contribution in [0.25, 0.3) is 0 Å². The topological polar surface area (TPSA) is 57.5 Å². The van der Waals surface area contributed by atoms with Crippen molar-refractivity contribution in [1.82, 2.24) is 0 Å². The number of hydrogen-bond acceptors (Lipinski definition) is 3. The molecule has 4 saturated carbocycles. The summed E-state index contributed by atoms with van der Waals surface area (Å²) < 4.78 is 0. The van der Waals surface area contributed by atoms with E-state index in [4.69, 9.17) is 0 Å². The molecule has 0 amide bonds. The monoisotopic (exact) mass is 306 g/mol. The highest BCUT2D eigenvalue weighted by Crippen LogP contribution is 2.65. The third-order valence-corrected chi connectivity index (χ3v) is 8.30. The molecular formula is C19H30O3. The lowest BCUT2D eigenvalue weighted by Crippen LogP contribution is -2.59. The van der Waals surface area contributed by atoms with E-state index in [1.807, 2.05) is 0 Å². The van der Waals surface area contributed by atoms with Crippen LogP contribution in [-0.2, 0) is 4.79 Å². The predicted octanol–water partition coefficient (Wildman–Crippen LogP) is 2.93. The van der Waals surface area contributed by atoms with Crippen LogP contribution in [0.1, 0.15) is 65.2 Å². The van der Waals surface area contributed by atoms with Crippen molar-refractivity contribution in [3.8, 4) is 0 Å². The van der Waals surface area contributed by atoms with Crippen LogP contribution < -0.4 is 0 Å². The molecule has 3 heteroatoms. The van der Waals surface area contributed by atoms with E-state index in [1.54, 1.807) is 0 Å². The first kappa shape index (κ1) is 15.1. The van der Waals surface area contributed by atoms with Crippen molar-refractivity contribution >= 4 is 5.78 Å². The van der Waals surface area contributed by atoms with Gasteiger partial charge in [-0.1, -0.05) is 26.7 Å². The Hall–Kier alpha value is -0.410. The minimum absolute atomic E-state index is 0.161. The van der Waals surface area contributed by atoms with E-state index < -0.39 is 0 Å². The Labute approximate surface area is 133 Å². The van der Waals surface area contributed by atoms with Crippen molar-refractivity contribution < 1.29 is 15.0 Å². The maximum Gasteiger partial charge on any atom is 0.133 e.